The maximum absolute atomic E-state index is 13.2. The van der Waals surface area contributed by atoms with Crippen molar-refractivity contribution in [1.82, 2.24) is 34.8 Å². The summed E-state index contributed by atoms with van der Waals surface area (Å²) in [6.45, 7) is 2.30. The van der Waals surface area contributed by atoms with E-state index >= 15 is 0 Å². The van der Waals surface area contributed by atoms with E-state index in [1.54, 1.807) is 15.7 Å². The molecule has 0 fully saturated rings. The molecule has 1 amide bonds. The molecule has 0 atom stereocenters. The fraction of sp³-hybridized carbons (Fsp3) is 0.125. The van der Waals surface area contributed by atoms with Crippen molar-refractivity contribution in [2.24, 2.45) is 7.05 Å². The molecule has 5 rings (SSSR count). The lowest BCUT2D eigenvalue weighted by molar-refractivity contribution is 0.0952. The van der Waals surface area contributed by atoms with E-state index in [1.165, 1.54) is 6.33 Å². The summed E-state index contributed by atoms with van der Waals surface area (Å²) in [5.41, 5.74) is 5.61. The Hall–Kier alpha value is -4.33. The number of amides is 1. The van der Waals surface area contributed by atoms with Crippen LogP contribution in [-0.4, -0.2) is 35.4 Å². The maximum atomic E-state index is 13.2. The molecule has 0 bridgehead atoms. The quantitative estimate of drug-likeness (QED) is 0.468. The van der Waals surface area contributed by atoms with Gasteiger partial charge in [-0.15, -0.1) is 0 Å². The maximum Gasteiger partial charge on any atom is 0.252 e. The summed E-state index contributed by atoms with van der Waals surface area (Å²) in [6.07, 6.45) is 3.14. The van der Waals surface area contributed by atoms with Gasteiger partial charge in [-0.1, -0.05) is 42.5 Å². The van der Waals surface area contributed by atoms with E-state index in [2.05, 4.69) is 20.5 Å². The van der Waals surface area contributed by atoms with Gasteiger partial charge in [0, 0.05) is 19.2 Å². The molecule has 0 radical (unpaired) electrons. The second-order valence-corrected chi connectivity index (χ2v) is 7.52. The highest BCUT2D eigenvalue weighted by atomic mass is 16.1. The number of rotatable bonds is 5. The number of aromatic nitrogens is 6. The largest absolute Gasteiger partial charge is 0.348 e. The summed E-state index contributed by atoms with van der Waals surface area (Å²) < 4.78 is 3.41. The molecule has 3 heterocycles. The van der Waals surface area contributed by atoms with Crippen LogP contribution in [0, 0.1) is 6.92 Å². The molecular formula is C24H21N7O. The number of aryl methyl sites for hydroxylation is 2. The monoisotopic (exact) mass is 423 g/mol. The van der Waals surface area contributed by atoms with Crippen LogP contribution in [0.1, 0.15) is 21.6 Å². The van der Waals surface area contributed by atoms with Gasteiger partial charge in [-0.3, -0.25) is 9.48 Å². The normalized spacial score (nSPS) is 11.1. The Morgan fingerprint density at radius 2 is 1.84 bits per heavy atom. The van der Waals surface area contributed by atoms with Crippen LogP contribution in [0.4, 0.5) is 0 Å². The van der Waals surface area contributed by atoms with Gasteiger partial charge in [0.25, 0.3) is 5.91 Å². The Labute approximate surface area is 184 Å². The molecule has 8 nitrogen and oxygen atoms in total. The predicted octanol–water partition coefficient (Wildman–Crippen LogP) is 3.45. The fourth-order valence-electron chi connectivity index (χ4n) is 3.77. The molecule has 2 aromatic carbocycles. The first-order chi connectivity index (χ1) is 15.6. The van der Waals surface area contributed by atoms with Crippen LogP contribution in [0.15, 0.2) is 73.3 Å². The van der Waals surface area contributed by atoms with E-state index in [9.17, 15) is 4.79 Å². The molecule has 32 heavy (non-hydrogen) atoms. The van der Waals surface area contributed by atoms with Crippen LogP contribution in [0.25, 0.3) is 28.0 Å². The second kappa shape index (κ2) is 8.07. The Morgan fingerprint density at radius 1 is 1.06 bits per heavy atom. The number of fused-ring (bicyclic) bond motifs is 1. The number of pyridine rings is 1. The highest BCUT2D eigenvalue weighted by Gasteiger charge is 2.19. The minimum absolute atomic E-state index is 0.161. The molecule has 8 heteroatoms. The smallest absolute Gasteiger partial charge is 0.252 e. The zero-order valence-electron chi connectivity index (χ0n) is 17.7. The average molecular weight is 423 g/mol. The summed E-state index contributed by atoms with van der Waals surface area (Å²) >= 11 is 0. The molecule has 0 unspecified atom stereocenters. The lowest BCUT2D eigenvalue weighted by Crippen LogP contribution is -2.23. The second-order valence-electron chi connectivity index (χ2n) is 7.52. The van der Waals surface area contributed by atoms with Gasteiger partial charge >= 0.3 is 0 Å². The standard InChI is InChI=1S/C24H21N7O/c1-16-22-20(12-21(18-6-4-3-5-7-18)28-23(22)30(2)29-16)24(32)26-13-17-8-10-19(11-9-17)31-15-25-14-27-31/h3-12,14-15H,13H2,1-2H3,(H,26,32). The van der Waals surface area contributed by atoms with Gasteiger partial charge in [-0.05, 0) is 30.7 Å². The van der Waals surface area contributed by atoms with Crippen molar-refractivity contribution in [3.8, 4) is 16.9 Å². The average Bonchev–Trinajstić information content (AvgIpc) is 3.46. The third-order valence-corrected chi connectivity index (χ3v) is 5.36. The van der Waals surface area contributed by atoms with E-state index in [0.717, 1.165) is 33.6 Å². The van der Waals surface area contributed by atoms with Gasteiger partial charge in [-0.2, -0.15) is 10.2 Å². The van der Waals surface area contributed by atoms with Crippen molar-refractivity contribution in [3.63, 3.8) is 0 Å². The molecule has 0 saturated heterocycles. The summed E-state index contributed by atoms with van der Waals surface area (Å²) in [7, 11) is 1.84. The third-order valence-electron chi connectivity index (χ3n) is 5.36. The highest BCUT2D eigenvalue weighted by Crippen LogP contribution is 2.26. The minimum atomic E-state index is -0.161. The molecule has 0 saturated carbocycles. The van der Waals surface area contributed by atoms with Crippen molar-refractivity contribution >= 4 is 16.9 Å². The van der Waals surface area contributed by atoms with Crippen molar-refractivity contribution in [2.75, 3.05) is 0 Å². The van der Waals surface area contributed by atoms with Crippen LogP contribution in [0.3, 0.4) is 0 Å². The highest BCUT2D eigenvalue weighted by molar-refractivity contribution is 6.07. The number of nitrogens with zero attached hydrogens (tertiary/aromatic N) is 6. The Bertz CT molecular complexity index is 1390. The Balaban J connectivity index is 1.44. The molecule has 0 aliphatic heterocycles. The van der Waals surface area contributed by atoms with Gasteiger partial charge in [0.15, 0.2) is 5.65 Å². The van der Waals surface area contributed by atoms with Crippen LogP contribution in [0.2, 0.25) is 0 Å². The molecule has 0 aliphatic rings. The van der Waals surface area contributed by atoms with Crippen molar-refractivity contribution in [1.29, 1.82) is 0 Å². The van der Waals surface area contributed by atoms with Gasteiger partial charge in [-0.25, -0.2) is 14.6 Å². The SMILES string of the molecule is Cc1nn(C)c2nc(-c3ccccc3)cc(C(=O)NCc3ccc(-n4cncn4)cc3)c12. The molecule has 3 aromatic heterocycles. The van der Waals surface area contributed by atoms with Crippen molar-refractivity contribution < 1.29 is 4.79 Å². The Morgan fingerprint density at radius 3 is 2.56 bits per heavy atom. The van der Waals surface area contributed by atoms with Gasteiger partial charge in [0.2, 0.25) is 0 Å². The number of carbonyl (C=O) groups is 1. The number of carbonyl (C=O) groups excluding carboxylic acids is 1. The molecule has 1 N–H and O–H groups in total. The van der Waals surface area contributed by atoms with E-state index in [4.69, 9.17) is 4.98 Å². The van der Waals surface area contributed by atoms with Crippen LogP contribution >= 0.6 is 0 Å². The van der Waals surface area contributed by atoms with Gasteiger partial charge in [0.1, 0.15) is 12.7 Å². The minimum Gasteiger partial charge on any atom is -0.348 e. The zero-order chi connectivity index (χ0) is 22.1. The van der Waals surface area contributed by atoms with Crippen molar-refractivity contribution in [3.05, 3.63) is 90.1 Å². The topological polar surface area (TPSA) is 90.5 Å². The Kier molecular flexibility index (Phi) is 4.95. The van der Waals surface area contributed by atoms with E-state index in [1.807, 2.05) is 74.6 Å². The van der Waals surface area contributed by atoms with Crippen molar-refractivity contribution in [2.45, 2.75) is 13.5 Å². The first kappa shape index (κ1) is 19.6. The number of benzene rings is 2. The van der Waals surface area contributed by atoms with Gasteiger partial charge < -0.3 is 5.32 Å². The van der Waals surface area contributed by atoms with Crippen LogP contribution < -0.4 is 5.32 Å². The van der Waals surface area contributed by atoms with E-state index in [-0.39, 0.29) is 5.91 Å². The summed E-state index contributed by atoms with van der Waals surface area (Å²) in [6, 6.07) is 19.5. The summed E-state index contributed by atoms with van der Waals surface area (Å²) in [5.74, 6) is -0.161. The molecule has 0 spiro atoms. The van der Waals surface area contributed by atoms with E-state index in [0.29, 0.717) is 17.8 Å². The molecular weight excluding hydrogens is 402 g/mol. The lowest BCUT2D eigenvalue weighted by atomic mass is 10.0. The predicted molar refractivity (Wildman–Crippen MR) is 121 cm³/mol. The van der Waals surface area contributed by atoms with Crippen LogP contribution in [-0.2, 0) is 13.6 Å². The first-order valence-corrected chi connectivity index (χ1v) is 10.2. The third kappa shape index (κ3) is 3.62. The lowest BCUT2D eigenvalue weighted by Gasteiger charge is -2.10. The van der Waals surface area contributed by atoms with Gasteiger partial charge in [0.05, 0.1) is 28.0 Å². The number of nitrogens with one attached hydrogen (secondary N) is 1. The molecule has 0 aliphatic carbocycles. The summed E-state index contributed by atoms with van der Waals surface area (Å²) in [5, 5.41) is 12.4. The van der Waals surface area contributed by atoms with E-state index < -0.39 is 0 Å². The zero-order valence-corrected chi connectivity index (χ0v) is 17.7. The molecule has 5 aromatic rings. The number of hydrogen-bond donors (Lipinski definition) is 1. The summed E-state index contributed by atoms with van der Waals surface area (Å²) in [4.78, 5) is 22.0. The number of hydrogen-bond acceptors (Lipinski definition) is 5. The fourth-order valence-corrected chi connectivity index (χ4v) is 3.77. The van der Waals surface area contributed by atoms with Crippen LogP contribution in [0.5, 0.6) is 0 Å². The first-order valence-electron chi connectivity index (χ1n) is 10.2. The molecule has 158 valence electrons.